The summed E-state index contributed by atoms with van der Waals surface area (Å²) in [5, 5.41) is 12.2. The Balaban J connectivity index is 1.71. The summed E-state index contributed by atoms with van der Waals surface area (Å²) in [6, 6.07) is 2.42. The van der Waals surface area contributed by atoms with Crippen LogP contribution in [-0.4, -0.2) is 34.4 Å². The van der Waals surface area contributed by atoms with Gasteiger partial charge in [-0.1, -0.05) is 6.08 Å². The van der Waals surface area contributed by atoms with Crippen LogP contribution in [0.4, 0.5) is 5.82 Å². The van der Waals surface area contributed by atoms with Gasteiger partial charge in [0.2, 0.25) is 0 Å². The molecule has 1 fully saturated rings. The Morgan fingerprint density at radius 1 is 1.32 bits per heavy atom. The molecule has 0 bridgehead atoms. The fourth-order valence-electron chi connectivity index (χ4n) is 2.59. The lowest BCUT2D eigenvalue weighted by molar-refractivity contribution is 0.0904. The first-order valence-electron chi connectivity index (χ1n) is 6.78. The van der Waals surface area contributed by atoms with Gasteiger partial charge in [0.15, 0.2) is 0 Å². The first-order chi connectivity index (χ1) is 9.42. The second-order valence-corrected chi connectivity index (χ2v) is 5.12. The maximum absolute atomic E-state index is 5.39. The van der Waals surface area contributed by atoms with Crippen molar-refractivity contribution in [2.24, 2.45) is 0 Å². The fourth-order valence-corrected chi connectivity index (χ4v) is 2.59. The van der Waals surface area contributed by atoms with Crippen molar-refractivity contribution in [2.75, 3.05) is 18.5 Å². The van der Waals surface area contributed by atoms with E-state index in [1.807, 2.05) is 12.3 Å². The van der Waals surface area contributed by atoms with Gasteiger partial charge in [0, 0.05) is 25.5 Å². The molecule has 0 radical (unpaired) electrons. The van der Waals surface area contributed by atoms with E-state index in [2.05, 4.69) is 26.6 Å². The van der Waals surface area contributed by atoms with Crippen LogP contribution in [0.2, 0.25) is 0 Å². The summed E-state index contributed by atoms with van der Waals surface area (Å²) in [5.41, 5.74) is 3.42. The molecule has 0 spiro atoms. The molecule has 0 aromatic carbocycles. The SMILES string of the molecule is C1=C(c2n[nH]c3ccnc(NC4CCOCC4)c23)C1. The molecule has 1 aliphatic carbocycles. The van der Waals surface area contributed by atoms with Crippen molar-refractivity contribution in [3.8, 4) is 0 Å². The number of aromatic amines is 1. The Labute approximate surface area is 111 Å². The van der Waals surface area contributed by atoms with E-state index in [1.54, 1.807) is 0 Å². The molecule has 5 heteroatoms. The maximum Gasteiger partial charge on any atom is 0.137 e. The van der Waals surface area contributed by atoms with Crippen molar-refractivity contribution in [3.05, 3.63) is 24.0 Å². The van der Waals surface area contributed by atoms with Gasteiger partial charge in [-0.15, -0.1) is 0 Å². The van der Waals surface area contributed by atoms with E-state index in [-0.39, 0.29) is 0 Å². The zero-order valence-corrected chi connectivity index (χ0v) is 10.6. The standard InChI is InChI=1S/C14H16N4O/c1-2-9(1)13-12-11(17-18-13)3-6-15-14(12)16-10-4-7-19-8-5-10/h1,3,6,10H,2,4-5,7-8H2,(H,15,16)(H,17,18). The van der Waals surface area contributed by atoms with Crippen molar-refractivity contribution >= 4 is 22.3 Å². The molecule has 2 aromatic heterocycles. The van der Waals surface area contributed by atoms with Gasteiger partial charge in [0.05, 0.1) is 16.6 Å². The Morgan fingerprint density at radius 3 is 2.95 bits per heavy atom. The lowest BCUT2D eigenvalue weighted by Crippen LogP contribution is -2.28. The lowest BCUT2D eigenvalue weighted by Gasteiger charge is -2.23. The number of rotatable bonds is 3. The number of anilines is 1. The van der Waals surface area contributed by atoms with E-state index in [0.29, 0.717) is 6.04 Å². The number of aromatic nitrogens is 3. The van der Waals surface area contributed by atoms with E-state index < -0.39 is 0 Å². The summed E-state index contributed by atoms with van der Waals surface area (Å²) in [4.78, 5) is 4.50. The van der Waals surface area contributed by atoms with Gasteiger partial charge < -0.3 is 10.1 Å². The highest BCUT2D eigenvalue weighted by Crippen LogP contribution is 2.36. The molecule has 3 heterocycles. The monoisotopic (exact) mass is 256 g/mol. The van der Waals surface area contributed by atoms with Gasteiger partial charge in [0.1, 0.15) is 5.82 Å². The third kappa shape index (κ3) is 2.00. The Morgan fingerprint density at radius 2 is 2.16 bits per heavy atom. The van der Waals surface area contributed by atoms with Crippen LogP contribution < -0.4 is 5.32 Å². The third-order valence-electron chi connectivity index (χ3n) is 3.75. The molecule has 19 heavy (non-hydrogen) atoms. The highest BCUT2D eigenvalue weighted by molar-refractivity contribution is 6.00. The highest BCUT2D eigenvalue weighted by atomic mass is 16.5. The number of hydrogen-bond donors (Lipinski definition) is 2. The van der Waals surface area contributed by atoms with Gasteiger partial charge in [-0.3, -0.25) is 5.10 Å². The summed E-state index contributed by atoms with van der Waals surface area (Å²) < 4.78 is 5.39. The Kier molecular flexibility index (Phi) is 2.51. The molecule has 2 aliphatic rings. The second-order valence-electron chi connectivity index (χ2n) is 5.12. The number of fused-ring (bicyclic) bond motifs is 1. The fraction of sp³-hybridized carbons (Fsp3) is 0.429. The number of hydrogen-bond acceptors (Lipinski definition) is 4. The van der Waals surface area contributed by atoms with E-state index in [4.69, 9.17) is 4.74 Å². The molecule has 2 N–H and O–H groups in total. The Bertz CT molecular complexity index is 640. The molecular formula is C14H16N4O. The number of nitrogens with one attached hydrogen (secondary N) is 2. The summed E-state index contributed by atoms with van der Waals surface area (Å²) >= 11 is 0. The van der Waals surface area contributed by atoms with Crippen LogP contribution >= 0.6 is 0 Å². The third-order valence-corrected chi connectivity index (χ3v) is 3.75. The van der Waals surface area contributed by atoms with E-state index >= 15 is 0 Å². The van der Waals surface area contributed by atoms with Crippen LogP contribution in [0.3, 0.4) is 0 Å². The molecule has 4 rings (SSSR count). The maximum atomic E-state index is 5.39. The van der Waals surface area contributed by atoms with Crippen LogP contribution in [0.5, 0.6) is 0 Å². The van der Waals surface area contributed by atoms with Crippen LogP contribution in [0.25, 0.3) is 16.5 Å². The van der Waals surface area contributed by atoms with Crippen molar-refractivity contribution in [3.63, 3.8) is 0 Å². The summed E-state index contributed by atoms with van der Waals surface area (Å²) in [6.07, 6.45) is 7.14. The minimum absolute atomic E-state index is 0.447. The minimum atomic E-state index is 0.447. The molecule has 1 saturated heterocycles. The topological polar surface area (TPSA) is 62.8 Å². The smallest absolute Gasteiger partial charge is 0.137 e. The van der Waals surface area contributed by atoms with E-state index in [1.165, 1.54) is 5.57 Å². The summed E-state index contributed by atoms with van der Waals surface area (Å²) in [7, 11) is 0. The number of ether oxygens (including phenoxy) is 1. The zero-order chi connectivity index (χ0) is 12.7. The van der Waals surface area contributed by atoms with Crippen molar-refractivity contribution < 1.29 is 4.74 Å². The molecule has 5 nitrogen and oxygen atoms in total. The Hall–Kier alpha value is -1.88. The van der Waals surface area contributed by atoms with Crippen LogP contribution in [0, 0.1) is 0 Å². The predicted octanol–water partition coefficient (Wildman–Crippen LogP) is 2.34. The first kappa shape index (κ1) is 11.0. The average molecular weight is 256 g/mol. The van der Waals surface area contributed by atoms with Crippen molar-refractivity contribution in [1.29, 1.82) is 0 Å². The summed E-state index contributed by atoms with van der Waals surface area (Å²) in [6.45, 7) is 1.66. The normalized spacial score (nSPS) is 19.5. The molecular weight excluding hydrogens is 240 g/mol. The largest absolute Gasteiger partial charge is 0.381 e. The number of pyridine rings is 1. The zero-order valence-electron chi connectivity index (χ0n) is 10.6. The number of nitrogens with zero attached hydrogens (tertiary/aromatic N) is 2. The molecule has 98 valence electrons. The van der Waals surface area contributed by atoms with Crippen molar-refractivity contribution in [2.45, 2.75) is 25.3 Å². The van der Waals surface area contributed by atoms with Gasteiger partial charge in [0.25, 0.3) is 0 Å². The van der Waals surface area contributed by atoms with Gasteiger partial charge in [-0.2, -0.15) is 5.10 Å². The molecule has 0 unspecified atom stereocenters. The van der Waals surface area contributed by atoms with Crippen LogP contribution in [0.15, 0.2) is 18.3 Å². The quantitative estimate of drug-likeness (QED) is 0.884. The first-order valence-corrected chi connectivity index (χ1v) is 6.78. The lowest BCUT2D eigenvalue weighted by atomic mass is 10.1. The van der Waals surface area contributed by atoms with Crippen LogP contribution in [0.1, 0.15) is 25.0 Å². The molecule has 2 aromatic rings. The van der Waals surface area contributed by atoms with Gasteiger partial charge in [-0.05, 0) is 30.9 Å². The predicted molar refractivity (Wildman–Crippen MR) is 73.9 cm³/mol. The van der Waals surface area contributed by atoms with E-state index in [0.717, 1.165) is 54.9 Å². The van der Waals surface area contributed by atoms with Crippen LogP contribution in [-0.2, 0) is 4.74 Å². The highest BCUT2D eigenvalue weighted by Gasteiger charge is 2.21. The number of H-pyrrole nitrogens is 1. The van der Waals surface area contributed by atoms with E-state index in [9.17, 15) is 0 Å². The molecule has 0 amide bonds. The van der Waals surface area contributed by atoms with Crippen molar-refractivity contribution in [1.82, 2.24) is 15.2 Å². The van der Waals surface area contributed by atoms with Gasteiger partial charge >= 0.3 is 0 Å². The molecule has 0 saturated carbocycles. The second kappa shape index (κ2) is 4.35. The molecule has 0 atom stereocenters. The minimum Gasteiger partial charge on any atom is -0.381 e. The van der Waals surface area contributed by atoms with Gasteiger partial charge in [-0.25, -0.2) is 4.98 Å². The number of allylic oxidation sites excluding steroid dienone is 2. The molecule has 1 aliphatic heterocycles. The summed E-state index contributed by atoms with van der Waals surface area (Å²) in [5.74, 6) is 0.945. The average Bonchev–Trinajstić information content (AvgIpc) is 3.20.